The fourth-order valence-corrected chi connectivity index (χ4v) is 4.47. The van der Waals surface area contributed by atoms with E-state index in [4.69, 9.17) is 5.73 Å². The van der Waals surface area contributed by atoms with Crippen molar-refractivity contribution in [2.45, 2.75) is 33.1 Å². The lowest BCUT2D eigenvalue weighted by Crippen LogP contribution is -2.22. The van der Waals surface area contributed by atoms with Gasteiger partial charge >= 0.3 is 0 Å². The zero-order valence-electron chi connectivity index (χ0n) is 19.7. The molecule has 0 unspecified atom stereocenters. The van der Waals surface area contributed by atoms with E-state index in [1.165, 1.54) is 4.68 Å². The van der Waals surface area contributed by atoms with Gasteiger partial charge < -0.3 is 10.3 Å². The summed E-state index contributed by atoms with van der Waals surface area (Å²) in [5, 5.41) is 6.74. The fraction of sp³-hybridized carbons (Fsp3) is 0.179. The number of nitrogens with zero attached hydrogens (tertiary/aromatic N) is 3. The molecule has 0 saturated heterocycles. The van der Waals surface area contributed by atoms with Gasteiger partial charge in [-0.05, 0) is 53.8 Å². The third-order valence-electron chi connectivity index (χ3n) is 6.39. The second kappa shape index (κ2) is 7.70. The van der Waals surface area contributed by atoms with Crippen molar-refractivity contribution in [1.82, 2.24) is 14.3 Å². The van der Waals surface area contributed by atoms with E-state index < -0.39 is 5.91 Å². The molecule has 0 bridgehead atoms. The molecule has 2 heterocycles. The summed E-state index contributed by atoms with van der Waals surface area (Å²) in [6.07, 6.45) is 3.50. The van der Waals surface area contributed by atoms with Crippen LogP contribution >= 0.6 is 0 Å². The predicted molar refractivity (Wildman–Crippen MR) is 136 cm³/mol. The molecule has 0 aliphatic rings. The summed E-state index contributed by atoms with van der Waals surface area (Å²) in [6, 6.07) is 19.3. The van der Waals surface area contributed by atoms with Gasteiger partial charge in [0.1, 0.15) is 0 Å². The zero-order valence-corrected chi connectivity index (χ0v) is 19.7. The molecular formula is C28H26N4O2. The van der Waals surface area contributed by atoms with E-state index in [9.17, 15) is 9.59 Å². The number of benzene rings is 3. The Labute approximate surface area is 197 Å². The first kappa shape index (κ1) is 21.6. The van der Waals surface area contributed by atoms with Crippen molar-refractivity contribution in [2.75, 3.05) is 0 Å². The first-order chi connectivity index (χ1) is 16.2. The fourth-order valence-electron chi connectivity index (χ4n) is 4.47. The van der Waals surface area contributed by atoms with Crippen LogP contribution in [0.25, 0.3) is 33.1 Å². The Balaban J connectivity index is 1.70. The van der Waals surface area contributed by atoms with Crippen molar-refractivity contribution in [3.63, 3.8) is 0 Å². The molecule has 6 heteroatoms. The summed E-state index contributed by atoms with van der Waals surface area (Å²) in [5.41, 5.74) is 10.3. The minimum atomic E-state index is -0.481. The van der Waals surface area contributed by atoms with E-state index in [1.54, 1.807) is 12.4 Å². The van der Waals surface area contributed by atoms with Gasteiger partial charge in [-0.15, -0.1) is 0 Å². The van der Waals surface area contributed by atoms with Crippen molar-refractivity contribution in [1.29, 1.82) is 0 Å². The first-order valence-corrected chi connectivity index (χ1v) is 11.2. The zero-order chi connectivity index (χ0) is 24.2. The summed E-state index contributed by atoms with van der Waals surface area (Å²) in [7, 11) is 0. The topological polar surface area (TPSA) is 82.9 Å². The maximum absolute atomic E-state index is 13.4. The largest absolute Gasteiger partial charge is 0.366 e. The molecule has 6 nitrogen and oxygen atoms in total. The van der Waals surface area contributed by atoms with Crippen molar-refractivity contribution in [3.8, 4) is 11.4 Å². The number of amides is 1. The summed E-state index contributed by atoms with van der Waals surface area (Å²) < 4.78 is 3.38. The Bertz CT molecular complexity index is 1650. The smallest absolute Gasteiger partial charge is 0.279 e. The van der Waals surface area contributed by atoms with Gasteiger partial charge in [0.25, 0.3) is 11.5 Å². The Kier molecular flexibility index (Phi) is 4.90. The average Bonchev–Trinajstić information content (AvgIpc) is 3.19. The number of hydrogen-bond donors (Lipinski definition) is 1. The molecule has 170 valence electrons. The minimum absolute atomic E-state index is 0.0166. The average molecular weight is 451 g/mol. The highest BCUT2D eigenvalue weighted by Crippen LogP contribution is 2.29. The molecule has 0 spiro atoms. The van der Waals surface area contributed by atoms with Crippen molar-refractivity contribution in [3.05, 3.63) is 100 Å². The maximum Gasteiger partial charge on any atom is 0.279 e. The van der Waals surface area contributed by atoms with Crippen LogP contribution in [0.2, 0.25) is 0 Å². The Morgan fingerprint density at radius 1 is 0.941 bits per heavy atom. The predicted octanol–water partition coefficient (Wildman–Crippen LogP) is 5.03. The lowest BCUT2D eigenvalue weighted by Gasteiger charge is -2.19. The van der Waals surface area contributed by atoms with Crippen LogP contribution in [0.1, 0.15) is 42.3 Å². The molecule has 5 aromatic rings. The Morgan fingerprint density at radius 3 is 2.41 bits per heavy atom. The molecule has 0 aliphatic carbocycles. The molecule has 5 rings (SSSR count). The maximum atomic E-state index is 13.4. The van der Waals surface area contributed by atoms with E-state index in [-0.39, 0.29) is 11.0 Å². The Morgan fingerprint density at radius 2 is 1.68 bits per heavy atom. The third kappa shape index (κ3) is 3.39. The lowest BCUT2D eigenvalue weighted by molar-refractivity contribution is 0.100. The van der Waals surface area contributed by atoms with Gasteiger partial charge in [0.2, 0.25) is 0 Å². The van der Waals surface area contributed by atoms with Gasteiger partial charge in [0.15, 0.2) is 0 Å². The van der Waals surface area contributed by atoms with Gasteiger partial charge in [0, 0.05) is 17.0 Å². The number of carbonyl (C=O) groups excluding carboxylic acids is 1. The number of nitrogens with two attached hydrogens (primary N) is 1. The first-order valence-electron chi connectivity index (χ1n) is 11.2. The second-order valence-electron chi connectivity index (χ2n) is 9.63. The molecule has 0 fully saturated rings. The van der Waals surface area contributed by atoms with Gasteiger partial charge in [-0.3, -0.25) is 9.59 Å². The number of primary amides is 1. The second-order valence-corrected chi connectivity index (χ2v) is 9.63. The number of carbonyl (C=O) groups is 1. The standard InChI is InChI=1S/C28H26N4O2/c1-17-23(31-16-22(26(29)33)21-8-5-6-9-25(21)31)10-7-11-24(17)32-27(34)20-13-12-19(28(2,3)4)14-18(20)15-30-32/h5-16H,1-4H3,(H2,29,33). The number of fused-ring (bicyclic) bond motifs is 2. The highest BCUT2D eigenvalue weighted by molar-refractivity contribution is 6.06. The molecule has 1 amide bonds. The monoisotopic (exact) mass is 450 g/mol. The summed E-state index contributed by atoms with van der Waals surface area (Å²) in [5.74, 6) is -0.481. The molecule has 34 heavy (non-hydrogen) atoms. The van der Waals surface area contributed by atoms with Gasteiger partial charge in [-0.2, -0.15) is 9.78 Å². The van der Waals surface area contributed by atoms with Crippen LogP contribution < -0.4 is 11.3 Å². The van der Waals surface area contributed by atoms with Crippen LogP contribution in [0.5, 0.6) is 0 Å². The molecule has 0 atom stereocenters. The van der Waals surface area contributed by atoms with E-state index in [0.29, 0.717) is 16.6 Å². The minimum Gasteiger partial charge on any atom is -0.366 e. The number of rotatable bonds is 3. The summed E-state index contributed by atoms with van der Waals surface area (Å²) in [4.78, 5) is 25.5. The molecular weight excluding hydrogens is 424 g/mol. The van der Waals surface area contributed by atoms with Gasteiger partial charge in [-0.25, -0.2) is 0 Å². The third-order valence-corrected chi connectivity index (χ3v) is 6.39. The van der Waals surface area contributed by atoms with Gasteiger partial charge in [0.05, 0.1) is 34.0 Å². The van der Waals surface area contributed by atoms with Crippen molar-refractivity contribution < 1.29 is 4.79 Å². The van der Waals surface area contributed by atoms with E-state index in [0.717, 1.165) is 33.1 Å². The van der Waals surface area contributed by atoms with Crippen LogP contribution in [-0.2, 0) is 5.41 Å². The number of para-hydroxylation sites is 1. The quantitative estimate of drug-likeness (QED) is 0.418. The lowest BCUT2D eigenvalue weighted by atomic mass is 9.86. The molecule has 0 aliphatic heterocycles. The van der Waals surface area contributed by atoms with Crippen molar-refractivity contribution >= 4 is 27.6 Å². The molecule has 3 aromatic carbocycles. The van der Waals surface area contributed by atoms with E-state index in [2.05, 4.69) is 25.9 Å². The van der Waals surface area contributed by atoms with Crippen LogP contribution in [0, 0.1) is 6.92 Å². The van der Waals surface area contributed by atoms with E-state index >= 15 is 0 Å². The summed E-state index contributed by atoms with van der Waals surface area (Å²) >= 11 is 0. The van der Waals surface area contributed by atoms with Gasteiger partial charge in [-0.1, -0.05) is 51.1 Å². The van der Waals surface area contributed by atoms with E-state index in [1.807, 2.05) is 72.2 Å². The van der Waals surface area contributed by atoms with Crippen molar-refractivity contribution in [2.24, 2.45) is 5.73 Å². The molecule has 2 aromatic heterocycles. The number of aromatic nitrogens is 3. The molecule has 0 radical (unpaired) electrons. The van der Waals surface area contributed by atoms with Crippen LogP contribution in [0.3, 0.4) is 0 Å². The van der Waals surface area contributed by atoms with Crippen LogP contribution in [0.4, 0.5) is 0 Å². The highest BCUT2D eigenvalue weighted by atomic mass is 16.1. The SMILES string of the molecule is Cc1c(-n2ncc3cc(C(C)(C)C)ccc3c2=O)cccc1-n1cc(C(N)=O)c2ccccc21. The Hall–Kier alpha value is -4.19. The normalized spacial score (nSPS) is 11.9. The molecule has 0 saturated carbocycles. The summed E-state index contributed by atoms with van der Waals surface area (Å²) in [6.45, 7) is 8.38. The highest BCUT2D eigenvalue weighted by Gasteiger charge is 2.18. The number of hydrogen-bond acceptors (Lipinski definition) is 3. The van der Waals surface area contributed by atoms with Crippen LogP contribution in [-0.4, -0.2) is 20.3 Å². The molecule has 2 N–H and O–H groups in total. The van der Waals surface area contributed by atoms with Crippen LogP contribution in [0.15, 0.2) is 77.9 Å².